The van der Waals surface area contributed by atoms with E-state index in [1.165, 1.54) is 18.2 Å². The molecular weight excluding hydrogens is 629 g/mol. The van der Waals surface area contributed by atoms with Gasteiger partial charge in [0.05, 0.1) is 17.7 Å². The van der Waals surface area contributed by atoms with E-state index in [1.54, 1.807) is 0 Å². The van der Waals surface area contributed by atoms with Crippen molar-refractivity contribution in [3.8, 4) is 35.2 Å². The van der Waals surface area contributed by atoms with E-state index >= 15 is 8.78 Å². The zero-order chi connectivity index (χ0) is 33.4. The molecule has 7 nitrogen and oxygen atoms in total. The molecule has 0 amide bonds. The van der Waals surface area contributed by atoms with Gasteiger partial charge in [0, 0.05) is 79.4 Å². The smallest absolute Gasteiger partial charge is 0.319 e. The number of fused-ring (bicyclic) bond motifs is 4. The minimum Gasteiger partial charge on any atom is -0.508 e. The second kappa shape index (κ2) is 11.4. The molecule has 3 aliphatic heterocycles. The third-order valence-electron chi connectivity index (χ3n) is 10.4. The maximum Gasteiger partial charge on any atom is 0.319 e. The lowest BCUT2D eigenvalue weighted by molar-refractivity contribution is -0.0591. The molecule has 2 atom stereocenters. The topological polar surface area (TPSA) is 73.8 Å². The molecule has 4 heterocycles. The number of likely N-dealkylation sites (tertiary alicyclic amines) is 1. The van der Waals surface area contributed by atoms with Gasteiger partial charge in [-0.3, -0.25) is 0 Å². The van der Waals surface area contributed by atoms with Gasteiger partial charge < -0.3 is 25.0 Å². The van der Waals surface area contributed by atoms with Crippen LogP contribution in [0.2, 0.25) is 0 Å². The summed E-state index contributed by atoms with van der Waals surface area (Å²) < 4.78 is 81.6. The van der Waals surface area contributed by atoms with Crippen LogP contribution in [0.3, 0.4) is 0 Å². The number of benzene rings is 3. The highest BCUT2D eigenvalue weighted by Gasteiger charge is 2.47. The van der Waals surface area contributed by atoms with Crippen LogP contribution >= 0.6 is 0 Å². The number of piperazine rings is 1. The second-order valence-corrected chi connectivity index (χ2v) is 13.9. The van der Waals surface area contributed by atoms with E-state index in [0.717, 1.165) is 37.8 Å². The highest BCUT2D eigenvalue weighted by atomic mass is 19.3. The normalized spacial score (nSPS) is 23.0. The Morgan fingerprint density at radius 3 is 2.40 bits per heavy atom. The lowest BCUT2D eigenvalue weighted by Gasteiger charge is -2.35. The third-order valence-corrected chi connectivity index (χ3v) is 10.4. The number of hydrogen-bond acceptors (Lipinski definition) is 7. The molecule has 2 bridgehead atoms. The van der Waals surface area contributed by atoms with Gasteiger partial charge in [0.1, 0.15) is 28.7 Å². The third kappa shape index (κ3) is 5.56. The number of alkyl halides is 2. The lowest BCUT2D eigenvalue weighted by Crippen LogP contribution is -2.51. The van der Waals surface area contributed by atoms with Gasteiger partial charge in [0.25, 0.3) is 5.92 Å². The predicted molar refractivity (Wildman–Crippen MR) is 172 cm³/mol. The molecule has 4 aliphatic rings. The Kier molecular flexibility index (Phi) is 7.41. The Labute approximate surface area is 274 Å². The molecule has 3 aromatic carbocycles. The fraction of sp³-hybridized carbons (Fsp3) is 0.444. The summed E-state index contributed by atoms with van der Waals surface area (Å²) in [4.78, 5) is 13.2. The first-order chi connectivity index (χ1) is 23.0. The SMILES string of the molecule is C#Cc1c(F)ccc2cc(O)cc(-c3c(F)cc4c(N5CC6CCC(C5)N6)nc(OCC5(CN6CCC(F)(F)CC6)CC5)nc4c3F)c12. The fourth-order valence-electron chi connectivity index (χ4n) is 7.70. The highest BCUT2D eigenvalue weighted by molar-refractivity contribution is 6.04. The van der Waals surface area contributed by atoms with Crippen LogP contribution in [0.4, 0.5) is 27.8 Å². The number of aromatic hydroxyl groups is 1. The van der Waals surface area contributed by atoms with E-state index in [0.29, 0.717) is 43.9 Å². The van der Waals surface area contributed by atoms with E-state index in [-0.39, 0.29) is 76.1 Å². The maximum atomic E-state index is 16.9. The minimum atomic E-state index is -2.63. The molecule has 4 fully saturated rings. The van der Waals surface area contributed by atoms with Crippen LogP contribution in [-0.4, -0.2) is 77.3 Å². The Balaban J connectivity index is 1.21. The second-order valence-electron chi connectivity index (χ2n) is 13.9. The number of hydrogen-bond donors (Lipinski definition) is 2. The summed E-state index contributed by atoms with van der Waals surface area (Å²) >= 11 is 0. The quantitative estimate of drug-likeness (QED) is 0.176. The number of nitrogens with zero attached hydrogens (tertiary/aromatic N) is 4. The Bertz CT molecular complexity index is 1970. The average Bonchev–Trinajstić information content (AvgIpc) is 3.74. The van der Waals surface area contributed by atoms with Crippen LogP contribution < -0.4 is 15.0 Å². The van der Waals surface area contributed by atoms with Gasteiger partial charge in [0.2, 0.25) is 0 Å². The van der Waals surface area contributed by atoms with Crippen molar-refractivity contribution in [1.29, 1.82) is 0 Å². The molecule has 2 N–H and O–H groups in total. The van der Waals surface area contributed by atoms with Crippen molar-refractivity contribution < 1.29 is 31.8 Å². The first-order valence-corrected chi connectivity index (χ1v) is 16.4. The van der Waals surface area contributed by atoms with Crippen molar-refractivity contribution in [3.63, 3.8) is 0 Å². The van der Waals surface area contributed by atoms with Gasteiger partial charge in [-0.15, -0.1) is 6.42 Å². The standard InChI is InChI=1S/C36H34F5N5O2/c1-2-24-27(37)6-3-20-13-23(47)14-25(29(20)24)30-28(38)15-26-32(31(30)39)43-34(44-33(26)46-16-21-4-5-22(17-46)42-21)48-19-35(7-8-35)18-45-11-9-36(40,41)10-12-45/h1,3,6,13-15,21-22,42,47H,4-5,7-12,16-19H2. The number of piperidine rings is 1. The molecule has 48 heavy (non-hydrogen) atoms. The van der Waals surface area contributed by atoms with Crippen molar-refractivity contribution >= 4 is 27.5 Å². The highest BCUT2D eigenvalue weighted by Crippen LogP contribution is 2.48. The summed E-state index contributed by atoms with van der Waals surface area (Å²) in [5.74, 6) is -2.98. The van der Waals surface area contributed by atoms with Crippen LogP contribution in [0.15, 0.2) is 30.3 Å². The van der Waals surface area contributed by atoms with Crippen LogP contribution in [0.1, 0.15) is 44.1 Å². The van der Waals surface area contributed by atoms with E-state index in [9.17, 15) is 18.3 Å². The maximum absolute atomic E-state index is 16.9. The van der Waals surface area contributed by atoms with E-state index in [4.69, 9.17) is 16.1 Å². The molecule has 1 aromatic heterocycles. The number of rotatable bonds is 7. The van der Waals surface area contributed by atoms with Gasteiger partial charge in [0.15, 0.2) is 5.82 Å². The number of aromatic nitrogens is 2. The first kappa shape index (κ1) is 31.1. The van der Waals surface area contributed by atoms with E-state index < -0.39 is 28.9 Å². The minimum absolute atomic E-state index is 0.0765. The van der Waals surface area contributed by atoms with Crippen LogP contribution in [0, 0.1) is 35.2 Å². The van der Waals surface area contributed by atoms with Crippen molar-refractivity contribution in [2.45, 2.75) is 56.5 Å². The average molecular weight is 664 g/mol. The summed E-state index contributed by atoms with van der Waals surface area (Å²) in [6, 6.07) is 6.55. The van der Waals surface area contributed by atoms with Crippen molar-refractivity contribution in [3.05, 3.63) is 53.3 Å². The zero-order valence-electron chi connectivity index (χ0n) is 26.1. The molecule has 0 spiro atoms. The first-order valence-electron chi connectivity index (χ1n) is 16.4. The number of phenolic OH excluding ortho intramolecular Hbond substituents is 1. The summed E-state index contributed by atoms with van der Waals surface area (Å²) in [5, 5.41) is 14.6. The van der Waals surface area contributed by atoms with Crippen LogP contribution in [0.25, 0.3) is 32.8 Å². The van der Waals surface area contributed by atoms with Gasteiger partial charge in [-0.05, 0) is 55.3 Å². The molecule has 8 rings (SSSR count). The van der Waals surface area contributed by atoms with Crippen LogP contribution in [-0.2, 0) is 0 Å². The lowest BCUT2D eigenvalue weighted by atomic mass is 9.92. The van der Waals surface area contributed by atoms with Gasteiger partial charge in [-0.25, -0.2) is 22.0 Å². The number of phenols is 1. The van der Waals surface area contributed by atoms with Crippen LogP contribution in [0.5, 0.6) is 11.8 Å². The van der Waals surface area contributed by atoms with Gasteiger partial charge in [-0.2, -0.15) is 9.97 Å². The number of ether oxygens (including phenoxy) is 1. The Morgan fingerprint density at radius 2 is 1.71 bits per heavy atom. The summed E-state index contributed by atoms with van der Waals surface area (Å²) in [6.45, 7) is 2.61. The molecule has 1 saturated carbocycles. The van der Waals surface area contributed by atoms with Gasteiger partial charge in [-0.1, -0.05) is 12.0 Å². The zero-order valence-corrected chi connectivity index (χ0v) is 26.1. The number of terminal acetylenes is 1. The Morgan fingerprint density at radius 1 is 0.979 bits per heavy atom. The fourth-order valence-corrected chi connectivity index (χ4v) is 7.70. The molecule has 1 aliphatic carbocycles. The molecular formula is C36H34F5N5O2. The largest absolute Gasteiger partial charge is 0.508 e. The predicted octanol–water partition coefficient (Wildman–Crippen LogP) is 6.38. The van der Waals surface area contributed by atoms with E-state index in [1.807, 2.05) is 9.80 Å². The molecule has 250 valence electrons. The molecule has 12 heteroatoms. The summed E-state index contributed by atoms with van der Waals surface area (Å²) in [6.07, 6.45) is 8.95. The summed E-state index contributed by atoms with van der Waals surface area (Å²) in [5.41, 5.74) is -1.24. The van der Waals surface area contributed by atoms with Crippen molar-refractivity contribution in [1.82, 2.24) is 20.2 Å². The van der Waals surface area contributed by atoms with Crippen molar-refractivity contribution in [2.24, 2.45) is 5.41 Å². The number of halogens is 5. The number of nitrogens with one attached hydrogen (secondary N) is 1. The molecule has 2 unspecified atom stereocenters. The Hall–Kier alpha value is -4.21. The number of anilines is 1. The van der Waals surface area contributed by atoms with Gasteiger partial charge >= 0.3 is 6.01 Å². The summed E-state index contributed by atoms with van der Waals surface area (Å²) in [7, 11) is 0. The van der Waals surface area contributed by atoms with Crippen molar-refractivity contribution in [2.75, 3.05) is 44.2 Å². The monoisotopic (exact) mass is 663 g/mol. The molecule has 0 radical (unpaired) electrons. The van der Waals surface area contributed by atoms with E-state index in [2.05, 4.69) is 16.2 Å². The molecule has 3 saturated heterocycles. The molecule has 4 aromatic rings.